The van der Waals surface area contributed by atoms with Crippen LogP contribution in [0.1, 0.15) is 20.3 Å². The molecule has 0 radical (unpaired) electrons. The van der Waals surface area contributed by atoms with Crippen LogP contribution in [0.5, 0.6) is 0 Å². The lowest BCUT2D eigenvalue weighted by Gasteiger charge is -2.32. The summed E-state index contributed by atoms with van der Waals surface area (Å²) in [5.41, 5.74) is 1.87. The Morgan fingerprint density at radius 2 is 2.21 bits per heavy atom. The minimum Gasteiger partial charge on any atom is -0.370 e. The lowest BCUT2D eigenvalue weighted by atomic mass is 9.94. The first kappa shape index (κ1) is 11.5. The molecule has 78 valence electrons. The fraction of sp³-hybridized carbons (Fsp3) is 0.545. The molecule has 0 bridgehead atoms. The van der Waals surface area contributed by atoms with Gasteiger partial charge in [0, 0.05) is 12.1 Å². The van der Waals surface area contributed by atoms with E-state index >= 15 is 0 Å². The van der Waals surface area contributed by atoms with Crippen LogP contribution in [0.4, 0.5) is 0 Å². The zero-order valence-electron chi connectivity index (χ0n) is 9.09. The van der Waals surface area contributed by atoms with Crippen molar-refractivity contribution in [3.8, 4) is 0 Å². The van der Waals surface area contributed by atoms with Crippen LogP contribution in [-0.4, -0.2) is 24.2 Å². The average molecular weight is 211 g/mol. The lowest BCUT2D eigenvalue weighted by Crippen LogP contribution is -2.35. The van der Waals surface area contributed by atoms with Crippen molar-refractivity contribution < 1.29 is 4.74 Å². The zero-order chi connectivity index (χ0) is 10.8. The molecule has 0 aromatic rings. The highest BCUT2D eigenvalue weighted by molar-refractivity contribution is 8.02. The van der Waals surface area contributed by atoms with Crippen LogP contribution < -0.4 is 0 Å². The van der Waals surface area contributed by atoms with Crippen molar-refractivity contribution in [1.82, 2.24) is 0 Å². The Kier molecular flexibility index (Phi) is 3.56. The molecule has 3 heteroatoms. The van der Waals surface area contributed by atoms with Gasteiger partial charge in [0.25, 0.3) is 0 Å². The number of hydrogen-bond acceptors (Lipinski definition) is 3. The fourth-order valence-electron chi connectivity index (χ4n) is 1.26. The minimum absolute atomic E-state index is 0.126. The van der Waals surface area contributed by atoms with Crippen LogP contribution in [0.25, 0.3) is 0 Å². The summed E-state index contributed by atoms with van der Waals surface area (Å²) in [5, 5.41) is 0.832. The first-order chi connectivity index (χ1) is 6.44. The maximum Gasteiger partial charge on any atom is 0.0888 e. The minimum atomic E-state index is -0.126. The molecule has 1 saturated heterocycles. The Hall–Kier alpha value is -0.540. The Morgan fingerprint density at radius 3 is 2.79 bits per heavy atom. The molecule has 0 amide bonds. The molecule has 1 aliphatic rings. The van der Waals surface area contributed by atoms with Gasteiger partial charge in [-0.2, -0.15) is 0 Å². The molecular weight excluding hydrogens is 194 g/mol. The molecule has 1 heterocycles. The van der Waals surface area contributed by atoms with Gasteiger partial charge in [-0.1, -0.05) is 13.2 Å². The van der Waals surface area contributed by atoms with Crippen LogP contribution >= 0.6 is 11.8 Å². The van der Waals surface area contributed by atoms with E-state index in [2.05, 4.69) is 32.0 Å². The van der Waals surface area contributed by atoms with Gasteiger partial charge < -0.3 is 4.74 Å². The summed E-state index contributed by atoms with van der Waals surface area (Å²) in [6.45, 7) is 12.5. The predicted octanol–water partition coefficient (Wildman–Crippen LogP) is 3.02. The maximum absolute atomic E-state index is 5.61. The van der Waals surface area contributed by atoms with Crippen molar-refractivity contribution in [3.05, 3.63) is 23.8 Å². The van der Waals surface area contributed by atoms with E-state index in [0.717, 1.165) is 22.7 Å². The Labute approximate surface area is 90.1 Å². The molecule has 1 rings (SSSR count). The summed E-state index contributed by atoms with van der Waals surface area (Å²) in [6.07, 6.45) is 2.78. The summed E-state index contributed by atoms with van der Waals surface area (Å²) >= 11 is 1.56. The Morgan fingerprint density at radius 1 is 1.57 bits per heavy atom. The summed E-state index contributed by atoms with van der Waals surface area (Å²) in [6, 6.07) is 0. The van der Waals surface area contributed by atoms with Gasteiger partial charge in [0.05, 0.1) is 17.2 Å². The first-order valence-corrected chi connectivity index (χ1v) is 5.79. The third kappa shape index (κ3) is 3.00. The van der Waals surface area contributed by atoms with E-state index in [1.807, 2.05) is 6.26 Å². The van der Waals surface area contributed by atoms with E-state index < -0.39 is 0 Å². The van der Waals surface area contributed by atoms with Gasteiger partial charge in [-0.05, 0) is 25.7 Å². The SMILES string of the molecule is C=C(N=C1CC(C)(C)OCC1=C)SC. The molecule has 14 heavy (non-hydrogen) atoms. The third-order valence-corrected chi connectivity index (χ3v) is 2.70. The number of nitrogens with zero attached hydrogens (tertiary/aromatic N) is 1. The summed E-state index contributed by atoms with van der Waals surface area (Å²) < 4.78 is 5.61. The molecule has 0 N–H and O–H groups in total. The molecule has 1 fully saturated rings. The van der Waals surface area contributed by atoms with Crippen molar-refractivity contribution >= 4 is 17.5 Å². The molecule has 0 aliphatic carbocycles. The van der Waals surface area contributed by atoms with Gasteiger partial charge in [-0.3, -0.25) is 0 Å². The lowest BCUT2D eigenvalue weighted by molar-refractivity contribution is -0.00491. The van der Waals surface area contributed by atoms with Crippen LogP contribution in [-0.2, 0) is 4.74 Å². The molecule has 0 atom stereocenters. The van der Waals surface area contributed by atoms with Crippen LogP contribution in [0.3, 0.4) is 0 Å². The van der Waals surface area contributed by atoms with Crippen LogP contribution in [0.2, 0.25) is 0 Å². The topological polar surface area (TPSA) is 21.6 Å². The molecule has 0 aromatic heterocycles. The summed E-state index contributed by atoms with van der Waals surface area (Å²) in [5.74, 6) is 0. The highest BCUT2D eigenvalue weighted by Crippen LogP contribution is 2.26. The summed E-state index contributed by atoms with van der Waals surface area (Å²) in [4.78, 5) is 4.44. The van der Waals surface area contributed by atoms with E-state index in [1.165, 1.54) is 0 Å². The highest BCUT2D eigenvalue weighted by atomic mass is 32.2. The van der Waals surface area contributed by atoms with Gasteiger partial charge in [0.1, 0.15) is 0 Å². The Balaban J connectivity index is 2.80. The van der Waals surface area contributed by atoms with Gasteiger partial charge in [0.2, 0.25) is 0 Å². The number of hydrogen-bond donors (Lipinski definition) is 0. The van der Waals surface area contributed by atoms with Crippen LogP contribution in [0, 0.1) is 0 Å². The molecule has 1 aliphatic heterocycles. The second-order valence-electron chi connectivity index (χ2n) is 3.99. The van der Waals surface area contributed by atoms with E-state index in [0.29, 0.717) is 6.61 Å². The second kappa shape index (κ2) is 4.32. The average Bonchev–Trinajstić information content (AvgIpc) is 2.11. The fourth-order valence-corrected chi connectivity index (χ4v) is 1.46. The van der Waals surface area contributed by atoms with E-state index in [1.54, 1.807) is 11.8 Å². The maximum atomic E-state index is 5.61. The predicted molar refractivity (Wildman–Crippen MR) is 63.9 cm³/mol. The number of thioether (sulfide) groups is 1. The molecular formula is C11H17NOS. The second-order valence-corrected chi connectivity index (χ2v) is 4.86. The van der Waals surface area contributed by atoms with Crippen molar-refractivity contribution in [2.45, 2.75) is 25.9 Å². The highest BCUT2D eigenvalue weighted by Gasteiger charge is 2.28. The van der Waals surface area contributed by atoms with Gasteiger partial charge in [-0.25, -0.2) is 4.99 Å². The molecule has 0 spiro atoms. The molecule has 0 aromatic carbocycles. The molecule has 2 nitrogen and oxygen atoms in total. The van der Waals surface area contributed by atoms with Crippen molar-refractivity contribution in [3.63, 3.8) is 0 Å². The largest absolute Gasteiger partial charge is 0.370 e. The van der Waals surface area contributed by atoms with Crippen molar-refractivity contribution in [1.29, 1.82) is 0 Å². The van der Waals surface area contributed by atoms with Crippen LogP contribution in [0.15, 0.2) is 28.8 Å². The van der Waals surface area contributed by atoms with Gasteiger partial charge in [-0.15, -0.1) is 11.8 Å². The number of aliphatic imine (C=N–C) groups is 1. The van der Waals surface area contributed by atoms with E-state index in [-0.39, 0.29) is 5.60 Å². The molecule has 0 saturated carbocycles. The number of rotatable bonds is 2. The number of ether oxygens (including phenoxy) is 1. The standard InChI is InChI=1S/C11H17NOS/c1-8-7-13-11(3,4)6-10(8)12-9(2)14-5/h1-2,6-7H2,3-5H3. The van der Waals surface area contributed by atoms with E-state index in [9.17, 15) is 0 Å². The summed E-state index contributed by atoms with van der Waals surface area (Å²) in [7, 11) is 0. The first-order valence-electron chi connectivity index (χ1n) is 4.57. The monoisotopic (exact) mass is 211 g/mol. The van der Waals surface area contributed by atoms with Gasteiger partial charge >= 0.3 is 0 Å². The van der Waals surface area contributed by atoms with Crippen molar-refractivity contribution in [2.24, 2.45) is 4.99 Å². The quantitative estimate of drug-likeness (QED) is 0.700. The normalized spacial score (nSPS) is 23.9. The van der Waals surface area contributed by atoms with Crippen molar-refractivity contribution in [2.75, 3.05) is 12.9 Å². The molecule has 0 unspecified atom stereocenters. The Bertz CT molecular complexity index is 292. The third-order valence-electron chi connectivity index (χ3n) is 2.13. The van der Waals surface area contributed by atoms with Gasteiger partial charge in [0.15, 0.2) is 0 Å². The smallest absolute Gasteiger partial charge is 0.0888 e. The van der Waals surface area contributed by atoms with E-state index in [4.69, 9.17) is 4.74 Å². The zero-order valence-corrected chi connectivity index (χ0v) is 9.91.